The summed E-state index contributed by atoms with van der Waals surface area (Å²) in [6, 6.07) is 73.8. The van der Waals surface area contributed by atoms with Crippen LogP contribution in [0.1, 0.15) is 149 Å². The predicted octanol–water partition coefficient (Wildman–Crippen LogP) is 22.7. The Morgan fingerprint density at radius 1 is 0.495 bits per heavy atom. The lowest BCUT2D eigenvalue weighted by Gasteiger charge is -2.53. The van der Waals surface area contributed by atoms with Crippen molar-refractivity contribution in [2.24, 2.45) is 0 Å². The zero-order valence-corrected chi connectivity index (χ0v) is 56.8. The molecule has 3 nitrogen and oxygen atoms in total. The van der Waals surface area contributed by atoms with Crippen LogP contribution in [0.5, 0.6) is 11.5 Å². The van der Waals surface area contributed by atoms with Gasteiger partial charge in [-0.05, 0) is 184 Å². The minimum Gasteiger partial charge on any atom is -0.458 e. The fourth-order valence-electron chi connectivity index (χ4n) is 16.8. The van der Waals surface area contributed by atoms with Gasteiger partial charge in [-0.1, -0.05) is 261 Å². The minimum absolute atomic E-state index is 0.0175. The standard InChI is InChI=1S/C89H83BN2O/c1-17-22-72-52(4)91-75(19-3)73(18-2)90-74-51-67(87(11,12)13)43-44-76(74)93-84-78-82-77(83(91)79(84)90)89(72,16)66-41-33-56(34-42-66)60-46-58(54-29-37-64(38-30-54)86(8,9)10)48-62(50-60)69-24-21-26-71-70-25-20-23-68(80(70)92(82)81(69)71)61-47-57(53-27-35-63(36-28-53)85(5,6)7)45-59(49-61)55-31-39-65(40-32-55)88(78,14)15/h18,20-51H,2,4,17,19H2,1,3,5-16H3/b72-22+. The molecule has 0 aliphatic carbocycles. The van der Waals surface area contributed by atoms with Gasteiger partial charge in [-0.3, -0.25) is 0 Å². The van der Waals surface area contributed by atoms with E-state index in [1.165, 1.54) is 116 Å². The Morgan fingerprint density at radius 3 is 1.40 bits per heavy atom. The lowest BCUT2D eigenvalue weighted by atomic mass is 9.32. The third-order valence-electron chi connectivity index (χ3n) is 21.9. The van der Waals surface area contributed by atoms with Crippen molar-refractivity contribution in [1.29, 1.82) is 0 Å². The molecule has 0 fully saturated rings. The fourth-order valence-corrected chi connectivity index (χ4v) is 16.8. The normalized spacial score (nSPS) is 17.0. The van der Waals surface area contributed by atoms with Crippen molar-refractivity contribution in [2.45, 2.75) is 137 Å². The van der Waals surface area contributed by atoms with E-state index in [9.17, 15) is 0 Å². The van der Waals surface area contributed by atoms with Crippen molar-refractivity contribution in [2.75, 3.05) is 4.90 Å². The van der Waals surface area contributed by atoms with E-state index in [4.69, 9.17) is 17.9 Å². The van der Waals surface area contributed by atoms with Crippen molar-refractivity contribution in [1.82, 2.24) is 4.57 Å². The van der Waals surface area contributed by atoms with Gasteiger partial charge in [0.15, 0.2) is 0 Å². The maximum atomic E-state index is 8.11. The van der Waals surface area contributed by atoms with E-state index in [0.717, 1.165) is 80.3 Å². The van der Waals surface area contributed by atoms with E-state index in [1.54, 1.807) is 0 Å². The summed E-state index contributed by atoms with van der Waals surface area (Å²) in [4.78, 5) is 2.58. The molecule has 458 valence electrons. The van der Waals surface area contributed by atoms with Gasteiger partial charge >= 0.3 is 0 Å². The fraction of sp³-hybridized carbons (Fsp3) is 0.236. The van der Waals surface area contributed by atoms with Gasteiger partial charge in [-0.15, -0.1) is 0 Å². The summed E-state index contributed by atoms with van der Waals surface area (Å²) in [5, 5.41) is 2.38. The van der Waals surface area contributed by atoms with Gasteiger partial charge in [0.2, 0.25) is 0 Å². The lowest BCUT2D eigenvalue weighted by molar-refractivity contribution is 0.463. The molecule has 0 saturated carbocycles. The van der Waals surface area contributed by atoms with Crippen LogP contribution in [0.2, 0.25) is 0 Å². The van der Waals surface area contributed by atoms with Crippen LogP contribution in [0.15, 0.2) is 236 Å². The van der Waals surface area contributed by atoms with Crippen molar-refractivity contribution >= 4 is 45.1 Å². The molecule has 1 unspecified atom stereocenters. The molecular weight excluding hydrogens is 1120 g/mol. The summed E-state index contributed by atoms with van der Waals surface area (Å²) in [7, 11) is 0. The molecule has 1 atom stereocenters. The van der Waals surface area contributed by atoms with Crippen LogP contribution in [-0.4, -0.2) is 11.3 Å². The van der Waals surface area contributed by atoms with Gasteiger partial charge in [0.05, 0.1) is 22.4 Å². The van der Waals surface area contributed by atoms with Crippen molar-refractivity contribution in [3.8, 4) is 83.9 Å². The van der Waals surface area contributed by atoms with Crippen LogP contribution < -0.4 is 20.6 Å². The molecule has 0 spiro atoms. The third kappa shape index (κ3) is 8.55. The van der Waals surface area contributed by atoms with Crippen molar-refractivity contribution in [3.63, 3.8) is 0 Å². The first-order valence-electron chi connectivity index (χ1n) is 33.9. The smallest absolute Gasteiger partial charge is 0.255 e. The number of rotatable bonds is 5. The molecule has 11 aromatic rings. The Labute approximate surface area is 551 Å². The molecule has 8 bridgehead atoms. The van der Waals surface area contributed by atoms with Crippen LogP contribution in [0.25, 0.3) is 94.3 Å². The molecule has 8 heterocycles. The Balaban J connectivity index is 1.16. The molecule has 1 aromatic heterocycles. The maximum Gasteiger partial charge on any atom is 0.255 e. The summed E-state index contributed by atoms with van der Waals surface area (Å²) in [6.45, 7) is 42.7. The number of allylic oxidation sites excluding steroid dienone is 5. The van der Waals surface area contributed by atoms with E-state index in [0.29, 0.717) is 0 Å². The number of aromatic nitrogens is 1. The zero-order chi connectivity index (χ0) is 64.7. The van der Waals surface area contributed by atoms with Crippen LogP contribution in [0.3, 0.4) is 0 Å². The van der Waals surface area contributed by atoms with Crippen LogP contribution in [0, 0.1) is 0 Å². The number of para-hydroxylation sites is 2. The second-order valence-corrected chi connectivity index (χ2v) is 30.9. The Bertz CT molecular complexity index is 5050. The van der Waals surface area contributed by atoms with Crippen molar-refractivity contribution in [3.05, 3.63) is 275 Å². The number of fused-ring (bicyclic) bond motifs is 7. The average molecular weight is 1210 g/mol. The quantitative estimate of drug-likeness (QED) is 0.160. The number of hydrogen-bond donors (Lipinski definition) is 0. The summed E-state index contributed by atoms with van der Waals surface area (Å²) >= 11 is 0. The summed E-state index contributed by atoms with van der Waals surface area (Å²) in [5.74, 6) is 1.79. The number of ether oxygens (including phenoxy) is 1. The molecular formula is C89H83BN2O. The highest BCUT2D eigenvalue weighted by Crippen LogP contribution is 2.62. The zero-order valence-electron chi connectivity index (χ0n) is 56.8. The number of hydrogen-bond acceptors (Lipinski definition) is 2. The molecule has 7 aliphatic rings. The lowest BCUT2D eigenvalue weighted by Crippen LogP contribution is -2.57. The predicted molar refractivity (Wildman–Crippen MR) is 397 cm³/mol. The minimum atomic E-state index is -0.793. The third-order valence-corrected chi connectivity index (χ3v) is 21.9. The SMILES string of the molecule is C=CC1=C(CC)N2C(=C)/C(=C\CC)C3(C)c4ccc(cc4)-c4cc(-c5ccc(C(C)(C)C)cc5)cc(c4)-c4cccc5c6cccc7c6n(c45)-c4c(c5c(c2c43)B1c1cc(C(C)(C)C)ccc1O5)C(C)(C)c1ccc(cc1)-c1cc(-c2ccc(C(C)(C)C)cc2)cc-7c1. The van der Waals surface area contributed by atoms with Gasteiger partial charge in [0.1, 0.15) is 11.5 Å². The summed E-state index contributed by atoms with van der Waals surface area (Å²) < 4.78 is 10.9. The van der Waals surface area contributed by atoms with Crippen LogP contribution in [-0.2, 0) is 27.1 Å². The van der Waals surface area contributed by atoms with Gasteiger partial charge in [-0.2, -0.15) is 0 Å². The number of nitrogens with zero attached hydrogens (tertiary/aromatic N) is 2. The Kier molecular flexibility index (Phi) is 12.8. The van der Waals surface area contributed by atoms with Crippen LogP contribution >= 0.6 is 0 Å². The van der Waals surface area contributed by atoms with Crippen molar-refractivity contribution < 1.29 is 4.74 Å². The number of benzene rings is 10. The van der Waals surface area contributed by atoms with Crippen LogP contribution in [0.4, 0.5) is 5.69 Å². The second-order valence-electron chi connectivity index (χ2n) is 30.9. The molecule has 0 radical (unpaired) electrons. The van der Waals surface area contributed by atoms with Gasteiger partial charge < -0.3 is 14.2 Å². The molecule has 0 saturated heterocycles. The molecule has 93 heavy (non-hydrogen) atoms. The maximum absolute atomic E-state index is 8.11. The monoisotopic (exact) mass is 1210 g/mol. The Hall–Kier alpha value is -9.38. The molecule has 0 N–H and O–H groups in total. The van der Waals surface area contributed by atoms with Gasteiger partial charge in [0, 0.05) is 55.3 Å². The van der Waals surface area contributed by atoms with E-state index < -0.39 is 10.8 Å². The largest absolute Gasteiger partial charge is 0.458 e. The highest BCUT2D eigenvalue weighted by Gasteiger charge is 2.55. The first-order chi connectivity index (χ1) is 44.4. The highest BCUT2D eigenvalue weighted by atomic mass is 16.5. The van der Waals surface area contributed by atoms with Gasteiger partial charge in [-0.25, -0.2) is 0 Å². The number of anilines is 1. The Morgan fingerprint density at radius 2 is 0.946 bits per heavy atom. The van der Waals surface area contributed by atoms with E-state index in [2.05, 4.69) is 307 Å². The summed E-state index contributed by atoms with van der Waals surface area (Å²) in [6.07, 6.45) is 6.23. The molecule has 0 amide bonds. The summed E-state index contributed by atoms with van der Waals surface area (Å²) in [5.41, 5.74) is 32.7. The topological polar surface area (TPSA) is 17.4 Å². The van der Waals surface area contributed by atoms with E-state index >= 15 is 0 Å². The first-order valence-corrected chi connectivity index (χ1v) is 33.9. The van der Waals surface area contributed by atoms with E-state index in [-0.39, 0.29) is 23.0 Å². The molecule has 10 aromatic carbocycles. The van der Waals surface area contributed by atoms with E-state index in [1.807, 2.05) is 0 Å². The first kappa shape index (κ1) is 58.7. The average Bonchev–Trinajstić information content (AvgIpc) is 1.09. The molecule has 4 heteroatoms. The van der Waals surface area contributed by atoms with Gasteiger partial charge in [0.25, 0.3) is 6.71 Å². The second kappa shape index (κ2) is 20.3. The molecule has 18 rings (SSSR count). The highest BCUT2D eigenvalue weighted by molar-refractivity contribution is 6.94. The molecule has 7 aliphatic heterocycles.